The summed E-state index contributed by atoms with van der Waals surface area (Å²) in [6.07, 6.45) is -3.19. The molecule has 0 atom stereocenters. The average Bonchev–Trinajstić information content (AvgIpc) is 2.98. The molecule has 0 spiro atoms. The molecule has 0 unspecified atom stereocenters. The Bertz CT molecular complexity index is 1080. The number of imide groups is 1. The molecule has 0 aliphatic carbocycles. The largest absolute Gasteiger partial charge is 0.493 e. The first-order valence-corrected chi connectivity index (χ1v) is 9.02. The van der Waals surface area contributed by atoms with Crippen molar-refractivity contribution in [3.8, 4) is 17.2 Å². The predicted molar refractivity (Wildman–Crippen MR) is 102 cm³/mol. The Labute approximate surface area is 172 Å². The van der Waals surface area contributed by atoms with Gasteiger partial charge >= 0.3 is 6.18 Å². The number of alkyl halides is 3. The first kappa shape index (κ1) is 21.2. The summed E-state index contributed by atoms with van der Waals surface area (Å²) in [5, 5.41) is 1.64. The number of amides is 3. The molecule has 1 fully saturated rings. The summed E-state index contributed by atoms with van der Waals surface area (Å²) >= 11 is 0.743. The molecule has 1 aliphatic heterocycles. The lowest BCUT2D eigenvalue weighted by molar-refractivity contribution is -0.137. The molecule has 0 bridgehead atoms. The molecule has 156 valence electrons. The average molecular weight is 438 g/mol. The second-order valence-electron chi connectivity index (χ2n) is 5.94. The Morgan fingerprint density at radius 2 is 1.80 bits per heavy atom. The molecular formula is C19H13F3N2O5S. The molecule has 3 rings (SSSR count). The van der Waals surface area contributed by atoms with Crippen LogP contribution in [0.15, 0.2) is 41.3 Å². The van der Waals surface area contributed by atoms with Crippen molar-refractivity contribution in [2.24, 2.45) is 5.73 Å². The van der Waals surface area contributed by atoms with Crippen LogP contribution < -0.4 is 20.5 Å². The molecule has 0 saturated carbocycles. The molecule has 1 saturated heterocycles. The van der Waals surface area contributed by atoms with Gasteiger partial charge in [0.1, 0.15) is 5.75 Å². The summed E-state index contributed by atoms with van der Waals surface area (Å²) in [7, 11) is 1.33. The molecule has 1 heterocycles. The highest BCUT2D eigenvalue weighted by Crippen LogP contribution is 2.37. The Morgan fingerprint density at radius 3 is 2.37 bits per heavy atom. The highest BCUT2D eigenvalue weighted by atomic mass is 32.2. The van der Waals surface area contributed by atoms with E-state index >= 15 is 0 Å². The maximum absolute atomic E-state index is 12.9. The van der Waals surface area contributed by atoms with Crippen LogP contribution in [0.2, 0.25) is 0 Å². The Morgan fingerprint density at radius 1 is 1.10 bits per heavy atom. The van der Waals surface area contributed by atoms with Crippen molar-refractivity contribution < 1.29 is 37.0 Å². The van der Waals surface area contributed by atoms with Crippen molar-refractivity contribution in [3.63, 3.8) is 0 Å². The van der Waals surface area contributed by atoms with E-state index in [1.165, 1.54) is 31.4 Å². The Kier molecular flexibility index (Phi) is 5.74. The van der Waals surface area contributed by atoms with Crippen LogP contribution in [0.4, 0.5) is 18.0 Å². The van der Waals surface area contributed by atoms with Crippen molar-refractivity contribution in [2.45, 2.75) is 6.18 Å². The number of hydrogen-bond donors (Lipinski definition) is 2. The lowest BCUT2D eigenvalue weighted by Crippen LogP contribution is -2.17. The van der Waals surface area contributed by atoms with E-state index in [9.17, 15) is 27.6 Å². The van der Waals surface area contributed by atoms with Crippen molar-refractivity contribution in [1.82, 2.24) is 5.32 Å². The number of carbonyl (C=O) groups is 3. The topological polar surface area (TPSA) is 108 Å². The van der Waals surface area contributed by atoms with Crippen LogP contribution in [0.3, 0.4) is 0 Å². The molecule has 0 radical (unpaired) electrons. The summed E-state index contributed by atoms with van der Waals surface area (Å²) in [5.74, 6) is -1.53. The lowest BCUT2D eigenvalue weighted by Gasteiger charge is -2.15. The van der Waals surface area contributed by atoms with Crippen LogP contribution in [0.25, 0.3) is 6.08 Å². The SMILES string of the molecule is COc1cc(/C=C2\SC(=O)NC2=O)ccc1Oc1ccc(C(F)(F)F)cc1C(N)=O. The fraction of sp³-hybridized carbons (Fsp3) is 0.105. The zero-order valence-electron chi connectivity index (χ0n) is 15.2. The van der Waals surface area contributed by atoms with Gasteiger partial charge in [-0.25, -0.2) is 0 Å². The molecule has 7 nitrogen and oxygen atoms in total. The highest BCUT2D eigenvalue weighted by molar-refractivity contribution is 8.18. The van der Waals surface area contributed by atoms with Gasteiger partial charge < -0.3 is 15.2 Å². The first-order chi connectivity index (χ1) is 14.1. The number of hydrogen-bond acceptors (Lipinski definition) is 6. The van der Waals surface area contributed by atoms with Crippen LogP contribution in [0, 0.1) is 0 Å². The van der Waals surface area contributed by atoms with E-state index in [0.717, 1.165) is 23.9 Å². The van der Waals surface area contributed by atoms with E-state index in [0.29, 0.717) is 11.6 Å². The third-order valence-corrected chi connectivity index (χ3v) is 4.73. The van der Waals surface area contributed by atoms with Crippen molar-refractivity contribution >= 4 is 34.9 Å². The molecule has 3 N–H and O–H groups in total. The fourth-order valence-corrected chi connectivity index (χ4v) is 3.22. The summed E-state index contributed by atoms with van der Waals surface area (Å²) in [6.45, 7) is 0. The maximum Gasteiger partial charge on any atom is 0.416 e. The molecule has 1 aliphatic rings. The van der Waals surface area contributed by atoms with Gasteiger partial charge in [-0.3, -0.25) is 19.7 Å². The van der Waals surface area contributed by atoms with Crippen LogP contribution in [-0.2, 0) is 11.0 Å². The van der Waals surface area contributed by atoms with Gasteiger partial charge in [-0.1, -0.05) is 6.07 Å². The van der Waals surface area contributed by atoms with Gasteiger partial charge in [-0.2, -0.15) is 13.2 Å². The van der Waals surface area contributed by atoms with Crippen LogP contribution in [0.5, 0.6) is 17.2 Å². The minimum absolute atomic E-state index is 0.0986. The smallest absolute Gasteiger partial charge is 0.416 e. The molecule has 11 heteroatoms. The highest BCUT2D eigenvalue weighted by Gasteiger charge is 2.32. The second-order valence-corrected chi connectivity index (χ2v) is 6.95. The lowest BCUT2D eigenvalue weighted by atomic mass is 10.1. The summed E-state index contributed by atoms with van der Waals surface area (Å²) in [5.41, 5.74) is 4.22. The van der Waals surface area contributed by atoms with E-state index in [2.05, 4.69) is 5.32 Å². The molecular weight excluding hydrogens is 425 g/mol. The Balaban J connectivity index is 1.94. The van der Waals surface area contributed by atoms with Gasteiger partial charge in [0.2, 0.25) is 0 Å². The minimum atomic E-state index is -4.65. The number of nitrogens with one attached hydrogen (secondary N) is 1. The number of rotatable bonds is 5. The van der Waals surface area contributed by atoms with Crippen molar-refractivity contribution in [3.05, 3.63) is 58.0 Å². The second kappa shape index (κ2) is 8.11. The van der Waals surface area contributed by atoms with Crippen LogP contribution >= 0.6 is 11.8 Å². The number of methoxy groups -OCH3 is 1. The third kappa shape index (κ3) is 4.57. The van der Waals surface area contributed by atoms with E-state index in [1.807, 2.05) is 0 Å². The zero-order valence-corrected chi connectivity index (χ0v) is 16.0. The minimum Gasteiger partial charge on any atom is -0.493 e. The standard InChI is InChI=1S/C19H13F3N2O5S/c1-28-14-6-9(7-15-17(26)24-18(27)30-15)2-4-13(14)29-12-5-3-10(19(20,21)22)8-11(12)16(23)25/h2-8H,1H3,(H2,23,25)(H,24,26,27)/b15-7-. The van der Waals surface area contributed by atoms with Gasteiger partial charge in [0.05, 0.1) is 23.1 Å². The molecule has 2 aromatic carbocycles. The van der Waals surface area contributed by atoms with Crippen molar-refractivity contribution in [2.75, 3.05) is 7.11 Å². The van der Waals surface area contributed by atoms with E-state index in [1.54, 1.807) is 0 Å². The number of benzene rings is 2. The molecule has 30 heavy (non-hydrogen) atoms. The quantitative estimate of drug-likeness (QED) is 0.685. The normalized spacial score (nSPS) is 15.3. The van der Waals surface area contributed by atoms with Gasteiger partial charge in [0.25, 0.3) is 17.1 Å². The predicted octanol–water partition coefficient (Wildman–Crippen LogP) is 3.93. The number of thioether (sulfide) groups is 1. The van der Waals surface area contributed by atoms with Crippen molar-refractivity contribution in [1.29, 1.82) is 0 Å². The van der Waals surface area contributed by atoms with Gasteiger partial charge in [0.15, 0.2) is 11.5 Å². The molecule has 2 aromatic rings. The zero-order chi connectivity index (χ0) is 22.1. The van der Waals surface area contributed by atoms with Crippen LogP contribution in [0.1, 0.15) is 21.5 Å². The monoisotopic (exact) mass is 438 g/mol. The third-order valence-electron chi connectivity index (χ3n) is 3.92. The first-order valence-electron chi connectivity index (χ1n) is 8.20. The number of nitrogens with two attached hydrogens (primary N) is 1. The number of ether oxygens (including phenoxy) is 2. The van der Waals surface area contributed by atoms with E-state index in [4.69, 9.17) is 15.2 Å². The number of primary amides is 1. The molecule has 0 aromatic heterocycles. The maximum atomic E-state index is 12.9. The Hall–Kier alpha value is -3.47. The summed E-state index contributed by atoms with van der Waals surface area (Å²) in [6, 6.07) is 6.83. The van der Waals surface area contributed by atoms with Crippen LogP contribution in [-0.4, -0.2) is 24.2 Å². The van der Waals surface area contributed by atoms with E-state index < -0.39 is 34.4 Å². The molecule has 3 amide bonds. The van der Waals surface area contributed by atoms with E-state index in [-0.39, 0.29) is 22.2 Å². The van der Waals surface area contributed by atoms with Gasteiger partial charge in [-0.05, 0) is 53.7 Å². The number of halogens is 3. The number of carbonyl (C=O) groups excluding carboxylic acids is 3. The summed E-state index contributed by atoms with van der Waals surface area (Å²) < 4.78 is 49.5. The fourth-order valence-electron chi connectivity index (χ4n) is 2.54. The van der Waals surface area contributed by atoms with Gasteiger partial charge in [0, 0.05) is 0 Å². The van der Waals surface area contributed by atoms with Gasteiger partial charge in [-0.15, -0.1) is 0 Å². The summed E-state index contributed by atoms with van der Waals surface area (Å²) in [4.78, 5) is 34.7.